The minimum atomic E-state index is -0.404. The fourth-order valence-corrected chi connectivity index (χ4v) is 1.40. The molecule has 1 aromatic carbocycles. The number of benzene rings is 1. The van der Waals surface area contributed by atoms with Crippen LogP contribution in [-0.2, 0) is 9.47 Å². The monoisotopic (exact) mass is 252 g/mol. The van der Waals surface area contributed by atoms with Crippen LogP contribution in [0.1, 0.15) is 24.2 Å². The van der Waals surface area contributed by atoms with Crippen LogP contribution in [0.4, 0.5) is 11.4 Å². The van der Waals surface area contributed by atoms with Gasteiger partial charge in [-0.25, -0.2) is 4.79 Å². The van der Waals surface area contributed by atoms with Crippen molar-refractivity contribution in [1.82, 2.24) is 0 Å². The van der Waals surface area contributed by atoms with Crippen LogP contribution in [0.2, 0.25) is 0 Å². The number of hydrogen-bond acceptors (Lipinski definition) is 5. The van der Waals surface area contributed by atoms with E-state index in [0.717, 1.165) is 5.69 Å². The molecule has 5 nitrogen and oxygen atoms in total. The molecule has 3 N–H and O–H groups in total. The van der Waals surface area contributed by atoms with Crippen molar-refractivity contribution in [3.63, 3.8) is 0 Å². The van der Waals surface area contributed by atoms with Gasteiger partial charge >= 0.3 is 5.97 Å². The molecule has 0 radical (unpaired) electrons. The molecule has 0 saturated heterocycles. The van der Waals surface area contributed by atoms with Gasteiger partial charge in [-0.05, 0) is 32.0 Å². The first-order chi connectivity index (χ1) is 8.58. The van der Waals surface area contributed by atoms with Crippen molar-refractivity contribution in [3.8, 4) is 0 Å². The highest BCUT2D eigenvalue weighted by molar-refractivity contribution is 5.96. The number of esters is 1. The Morgan fingerprint density at radius 3 is 2.83 bits per heavy atom. The lowest BCUT2D eigenvalue weighted by Crippen LogP contribution is -2.18. The van der Waals surface area contributed by atoms with Gasteiger partial charge < -0.3 is 20.5 Å². The second-order valence-electron chi connectivity index (χ2n) is 3.95. The number of ether oxygens (including phenoxy) is 2. The maximum absolute atomic E-state index is 11.7. The van der Waals surface area contributed by atoms with Gasteiger partial charge in [-0.1, -0.05) is 0 Å². The smallest absolute Gasteiger partial charge is 0.340 e. The van der Waals surface area contributed by atoms with Crippen LogP contribution in [0.3, 0.4) is 0 Å². The quantitative estimate of drug-likeness (QED) is 0.597. The van der Waals surface area contributed by atoms with Gasteiger partial charge in [-0.3, -0.25) is 0 Å². The van der Waals surface area contributed by atoms with Crippen molar-refractivity contribution in [2.45, 2.75) is 20.0 Å². The van der Waals surface area contributed by atoms with E-state index in [0.29, 0.717) is 24.4 Å². The highest BCUT2D eigenvalue weighted by Gasteiger charge is 2.11. The summed E-state index contributed by atoms with van der Waals surface area (Å²) in [5.41, 5.74) is 7.36. The molecule has 18 heavy (non-hydrogen) atoms. The van der Waals surface area contributed by atoms with E-state index in [9.17, 15) is 4.79 Å². The van der Waals surface area contributed by atoms with Gasteiger partial charge in [0, 0.05) is 25.0 Å². The lowest BCUT2D eigenvalue weighted by Gasteiger charge is -2.13. The van der Waals surface area contributed by atoms with E-state index in [1.807, 2.05) is 13.0 Å². The molecule has 0 bridgehead atoms. The summed E-state index contributed by atoms with van der Waals surface area (Å²) in [6.45, 7) is 4.70. The normalized spacial score (nSPS) is 11.9. The third-order valence-electron chi connectivity index (χ3n) is 2.54. The highest BCUT2D eigenvalue weighted by atomic mass is 16.5. The van der Waals surface area contributed by atoms with Gasteiger partial charge in [0.1, 0.15) is 0 Å². The Kier molecular flexibility index (Phi) is 5.45. The maximum Gasteiger partial charge on any atom is 0.340 e. The summed E-state index contributed by atoms with van der Waals surface area (Å²) in [7, 11) is 1.65. The second kappa shape index (κ2) is 6.86. The van der Waals surface area contributed by atoms with Crippen molar-refractivity contribution < 1.29 is 14.3 Å². The molecule has 1 unspecified atom stereocenters. The van der Waals surface area contributed by atoms with Gasteiger partial charge in [0.05, 0.1) is 18.3 Å². The molecule has 5 heteroatoms. The van der Waals surface area contributed by atoms with Crippen LogP contribution in [-0.4, -0.2) is 32.3 Å². The lowest BCUT2D eigenvalue weighted by atomic mass is 10.1. The third-order valence-corrected chi connectivity index (χ3v) is 2.54. The molecule has 0 heterocycles. The molecule has 0 aromatic heterocycles. The van der Waals surface area contributed by atoms with E-state index in [2.05, 4.69) is 5.32 Å². The number of methoxy groups -OCH3 is 1. The first kappa shape index (κ1) is 14.3. The second-order valence-corrected chi connectivity index (χ2v) is 3.95. The summed E-state index contributed by atoms with van der Waals surface area (Å²) in [4.78, 5) is 11.7. The summed E-state index contributed by atoms with van der Waals surface area (Å²) in [6.07, 6.45) is 0.0913. The molecule has 1 rings (SSSR count). The Bertz CT molecular complexity index is 407. The molecular weight excluding hydrogens is 232 g/mol. The predicted molar refractivity (Wildman–Crippen MR) is 71.8 cm³/mol. The molecule has 1 atom stereocenters. The predicted octanol–water partition coefficient (Wildman–Crippen LogP) is 1.89. The van der Waals surface area contributed by atoms with Gasteiger partial charge in [0.2, 0.25) is 0 Å². The molecule has 0 amide bonds. The van der Waals surface area contributed by atoms with E-state index < -0.39 is 5.97 Å². The fraction of sp³-hybridized carbons (Fsp3) is 0.462. The van der Waals surface area contributed by atoms with E-state index >= 15 is 0 Å². The average Bonchev–Trinajstić information content (AvgIpc) is 2.37. The Labute approximate surface area is 107 Å². The molecule has 100 valence electrons. The van der Waals surface area contributed by atoms with Gasteiger partial charge in [-0.2, -0.15) is 0 Å². The topological polar surface area (TPSA) is 73.6 Å². The SMILES string of the molecule is CCOC(=O)c1cc(NCC(C)OC)ccc1N. The molecular formula is C13H20N2O3. The third kappa shape index (κ3) is 3.92. The van der Waals surface area contributed by atoms with Crippen molar-refractivity contribution >= 4 is 17.3 Å². The first-order valence-electron chi connectivity index (χ1n) is 5.91. The zero-order chi connectivity index (χ0) is 13.5. The van der Waals surface area contributed by atoms with E-state index in [1.54, 1.807) is 26.2 Å². The van der Waals surface area contributed by atoms with E-state index in [1.165, 1.54) is 0 Å². The summed E-state index contributed by atoms with van der Waals surface area (Å²) in [5.74, 6) is -0.404. The first-order valence-corrected chi connectivity index (χ1v) is 5.91. The van der Waals surface area contributed by atoms with Gasteiger partial charge in [-0.15, -0.1) is 0 Å². The van der Waals surface area contributed by atoms with Crippen LogP contribution in [0.5, 0.6) is 0 Å². The van der Waals surface area contributed by atoms with Crippen LogP contribution < -0.4 is 11.1 Å². The van der Waals surface area contributed by atoms with Crippen molar-refractivity contribution in [2.75, 3.05) is 31.3 Å². The zero-order valence-electron chi connectivity index (χ0n) is 11.0. The highest BCUT2D eigenvalue weighted by Crippen LogP contribution is 2.19. The standard InChI is InChI=1S/C13H20N2O3/c1-4-18-13(16)11-7-10(5-6-12(11)14)15-8-9(2)17-3/h5-7,9,15H,4,8,14H2,1-3H3. The minimum Gasteiger partial charge on any atom is -0.462 e. The summed E-state index contributed by atoms with van der Waals surface area (Å²) >= 11 is 0. The van der Waals surface area contributed by atoms with Gasteiger partial charge in [0.15, 0.2) is 0 Å². The van der Waals surface area contributed by atoms with Crippen LogP contribution in [0.25, 0.3) is 0 Å². The van der Waals surface area contributed by atoms with Gasteiger partial charge in [0.25, 0.3) is 0 Å². The number of anilines is 2. The van der Waals surface area contributed by atoms with E-state index in [4.69, 9.17) is 15.2 Å². The molecule has 0 aliphatic heterocycles. The number of nitrogens with one attached hydrogen (secondary N) is 1. The average molecular weight is 252 g/mol. The molecule has 0 aliphatic carbocycles. The van der Waals surface area contributed by atoms with Crippen LogP contribution in [0, 0.1) is 0 Å². The summed E-state index contributed by atoms with van der Waals surface area (Å²) in [5, 5.41) is 3.17. The van der Waals surface area contributed by atoms with Crippen molar-refractivity contribution in [3.05, 3.63) is 23.8 Å². The number of nitrogens with two attached hydrogens (primary N) is 1. The number of hydrogen-bond donors (Lipinski definition) is 2. The number of carbonyl (C=O) groups excluding carboxylic acids is 1. The molecule has 0 aliphatic rings. The molecule has 1 aromatic rings. The zero-order valence-corrected chi connectivity index (χ0v) is 11.0. The Balaban J connectivity index is 2.77. The summed E-state index contributed by atoms with van der Waals surface area (Å²) in [6, 6.07) is 5.20. The largest absolute Gasteiger partial charge is 0.462 e. The number of carbonyl (C=O) groups is 1. The van der Waals surface area contributed by atoms with E-state index in [-0.39, 0.29) is 6.10 Å². The Morgan fingerprint density at radius 2 is 2.22 bits per heavy atom. The lowest BCUT2D eigenvalue weighted by molar-refractivity contribution is 0.0527. The molecule has 0 saturated carbocycles. The van der Waals surface area contributed by atoms with Crippen molar-refractivity contribution in [1.29, 1.82) is 0 Å². The Hall–Kier alpha value is -1.75. The number of nitrogen functional groups attached to an aromatic ring is 1. The summed E-state index contributed by atoms with van der Waals surface area (Å²) < 4.78 is 10.1. The van der Waals surface area contributed by atoms with Crippen LogP contribution in [0.15, 0.2) is 18.2 Å². The fourth-order valence-electron chi connectivity index (χ4n) is 1.40. The number of rotatable bonds is 6. The van der Waals surface area contributed by atoms with Crippen molar-refractivity contribution in [2.24, 2.45) is 0 Å². The minimum absolute atomic E-state index is 0.0913. The maximum atomic E-state index is 11.7. The molecule has 0 spiro atoms. The molecule has 0 fully saturated rings. The Morgan fingerprint density at radius 1 is 1.50 bits per heavy atom. The van der Waals surface area contributed by atoms with Crippen LogP contribution >= 0.6 is 0 Å².